The number of nitrogens with zero attached hydrogens (tertiary/aromatic N) is 4. The van der Waals surface area contributed by atoms with Crippen molar-refractivity contribution in [1.29, 1.82) is 0 Å². The molecule has 9 nitrogen and oxygen atoms in total. The molecular weight excluding hydrogens is 396 g/mol. The molecule has 1 aromatic carbocycles. The molecule has 4 rings (SSSR count). The SMILES string of the molecule is CCNC(=O)Nc1ccc(-c2nc3c(c(N4CCOCC4C)n2)CCN(C=O)C3)cc1. The first kappa shape index (κ1) is 21.0. The molecule has 0 aliphatic carbocycles. The highest BCUT2D eigenvalue weighted by Crippen LogP contribution is 2.31. The van der Waals surface area contributed by atoms with Crippen molar-refractivity contribution < 1.29 is 14.3 Å². The predicted octanol–water partition coefficient (Wildman–Crippen LogP) is 2.02. The molecule has 1 aromatic heterocycles. The molecule has 0 radical (unpaired) electrons. The molecule has 2 aliphatic rings. The summed E-state index contributed by atoms with van der Waals surface area (Å²) in [4.78, 5) is 36.9. The molecule has 1 unspecified atom stereocenters. The largest absolute Gasteiger partial charge is 0.377 e. The fourth-order valence-electron chi connectivity index (χ4n) is 3.97. The Labute approximate surface area is 181 Å². The Balaban J connectivity index is 1.68. The van der Waals surface area contributed by atoms with Crippen LogP contribution in [0.4, 0.5) is 16.3 Å². The van der Waals surface area contributed by atoms with Crippen molar-refractivity contribution in [3.05, 3.63) is 35.5 Å². The minimum atomic E-state index is -0.238. The van der Waals surface area contributed by atoms with Crippen LogP contribution in [0.2, 0.25) is 0 Å². The lowest BCUT2D eigenvalue weighted by molar-refractivity contribution is -0.119. The molecule has 1 fully saturated rings. The Morgan fingerprint density at radius 1 is 1.26 bits per heavy atom. The molecule has 0 saturated carbocycles. The summed E-state index contributed by atoms with van der Waals surface area (Å²) >= 11 is 0. The van der Waals surface area contributed by atoms with E-state index in [0.29, 0.717) is 44.4 Å². The van der Waals surface area contributed by atoms with Gasteiger partial charge in [-0.3, -0.25) is 4.79 Å². The Hall–Kier alpha value is -3.20. The van der Waals surface area contributed by atoms with Crippen molar-refractivity contribution in [1.82, 2.24) is 20.2 Å². The fourth-order valence-corrected chi connectivity index (χ4v) is 3.97. The van der Waals surface area contributed by atoms with Crippen LogP contribution in [0.5, 0.6) is 0 Å². The number of carbonyl (C=O) groups is 2. The van der Waals surface area contributed by atoms with Gasteiger partial charge in [0.25, 0.3) is 0 Å². The minimum Gasteiger partial charge on any atom is -0.377 e. The lowest BCUT2D eigenvalue weighted by Gasteiger charge is -2.37. The van der Waals surface area contributed by atoms with Gasteiger partial charge in [0, 0.05) is 36.4 Å². The second kappa shape index (κ2) is 9.30. The Bertz CT molecular complexity index is 949. The van der Waals surface area contributed by atoms with Crippen LogP contribution in [0.1, 0.15) is 25.1 Å². The van der Waals surface area contributed by atoms with E-state index in [1.54, 1.807) is 4.90 Å². The first-order chi connectivity index (χ1) is 15.1. The molecule has 9 heteroatoms. The number of anilines is 2. The normalized spacial score (nSPS) is 18.3. The summed E-state index contributed by atoms with van der Waals surface area (Å²) in [5, 5.41) is 5.50. The summed E-state index contributed by atoms with van der Waals surface area (Å²) in [6.45, 7) is 7.82. The molecule has 2 aliphatic heterocycles. The van der Waals surface area contributed by atoms with Gasteiger partial charge < -0.3 is 25.2 Å². The topological polar surface area (TPSA) is 99.7 Å². The number of hydrogen-bond donors (Lipinski definition) is 2. The number of aromatic nitrogens is 2. The lowest BCUT2D eigenvalue weighted by Crippen LogP contribution is -2.45. The number of hydrogen-bond acceptors (Lipinski definition) is 6. The molecule has 31 heavy (non-hydrogen) atoms. The van der Waals surface area contributed by atoms with E-state index < -0.39 is 0 Å². The molecule has 3 heterocycles. The van der Waals surface area contributed by atoms with Gasteiger partial charge in [-0.05, 0) is 44.5 Å². The quantitative estimate of drug-likeness (QED) is 0.713. The van der Waals surface area contributed by atoms with E-state index in [1.807, 2.05) is 31.2 Å². The van der Waals surface area contributed by atoms with Crippen molar-refractivity contribution >= 4 is 23.9 Å². The summed E-state index contributed by atoms with van der Waals surface area (Å²) < 4.78 is 5.61. The average Bonchev–Trinajstić information content (AvgIpc) is 2.79. The Kier molecular flexibility index (Phi) is 6.31. The van der Waals surface area contributed by atoms with Crippen molar-refractivity contribution in [2.45, 2.75) is 32.9 Å². The van der Waals surface area contributed by atoms with Gasteiger partial charge in [0.15, 0.2) is 5.82 Å². The first-order valence-electron chi connectivity index (χ1n) is 10.7. The maximum atomic E-state index is 11.7. The predicted molar refractivity (Wildman–Crippen MR) is 118 cm³/mol. The molecule has 0 spiro atoms. The van der Waals surface area contributed by atoms with E-state index >= 15 is 0 Å². The van der Waals surface area contributed by atoms with Gasteiger partial charge in [-0.15, -0.1) is 0 Å². The van der Waals surface area contributed by atoms with Crippen molar-refractivity contribution in [3.8, 4) is 11.4 Å². The Morgan fingerprint density at radius 3 is 2.77 bits per heavy atom. The van der Waals surface area contributed by atoms with E-state index in [9.17, 15) is 9.59 Å². The maximum absolute atomic E-state index is 11.7. The van der Waals surface area contributed by atoms with E-state index in [0.717, 1.165) is 42.0 Å². The monoisotopic (exact) mass is 424 g/mol. The smallest absolute Gasteiger partial charge is 0.319 e. The third-order valence-corrected chi connectivity index (χ3v) is 5.60. The van der Waals surface area contributed by atoms with Crippen LogP contribution >= 0.6 is 0 Å². The second-order valence-electron chi connectivity index (χ2n) is 7.80. The van der Waals surface area contributed by atoms with Crippen LogP contribution in [0.25, 0.3) is 11.4 Å². The zero-order valence-electron chi connectivity index (χ0n) is 17.9. The zero-order chi connectivity index (χ0) is 21.8. The van der Waals surface area contributed by atoms with Crippen LogP contribution in [-0.2, 0) is 22.5 Å². The molecule has 3 amide bonds. The highest BCUT2D eigenvalue weighted by molar-refractivity contribution is 5.89. The number of ether oxygens (including phenoxy) is 1. The van der Waals surface area contributed by atoms with Crippen LogP contribution in [0.3, 0.4) is 0 Å². The number of nitrogens with one attached hydrogen (secondary N) is 2. The van der Waals surface area contributed by atoms with E-state index in [4.69, 9.17) is 14.7 Å². The maximum Gasteiger partial charge on any atom is 0.319 e. The molecule has 1 saturated heterocycles. The highest BCUT2D eigenvalue weighted by Gasteiger charge is 2.28. The van der Waals surface area contributed by atoms with Crippen LogP contribution in [0.15, 0.2) is 24.3 Å². The summed E-state index contributed by atoms with van der Waals surface area (Å²) in [6, 6.07) is 7.45. The molecule has 2 N–H and O–H groups in total. The van der Waals surface area contributed by atoms with Crippen molar-refractivity contribution in [2.24, 2.45) is 0 Å². The van der Waals surface area contributed by atoms with Crippen LogP contribution in [-0.4, -0.2) is 66.2 Å². The molecular formula is C22H28N6O3. The van der Waals surface area contributed by atoms with Gasteiger partial charge in [0.1, 0.15) is 5.82 Å². The third kappa shape index (κ3) is 4.61. The Morgan fingerprint density at radius 2 is 2.06 bits per heavy atom. The number of rotatable bonds is 5. The summed E-state index contributed by atoms with van der Waals surface area (Å²) in [7, 11) is 0. The van der Waals surface area contributed by atoms with Crippen molar-refractivity contribution in [2.75, 3.05) is 43.1 Å². The lowest BCUT2D eigenvalue weighted by atomic mass is 10.0. The zero-order valence-corrected chi connectivity index (χ0v) is 17.9. The standard InChI is InChI=1S/C22H28N6O3/c1-3-23-22(30)24-17-6-4-16(5-7-17)20-25-19-12-27(14-29)9-8-18(19)21(26-20)28-10-11-31-13-15(28)2/h4-7,14-15H,3,8-13H2,1-2H3,(H2,23,24,30). The number of amides is 3. The van der Waals surface area contributed by atoms with Gasteiger partial charge in [-0.25, -0.2) is 14.8 Å². The molecule has 1 atom stereocenters. The molecule has 2 aromatic rings. The number of morpholine rings is 1. The van der Waals surface area contributed by atoms with Crippen LogP contribution < -0.4 is 15.5 Å². The van der Waals surface area contributed by atoms with Gasteiger partial charge >= 0.3 is 6.03 Å². The molecule has 0 bridgehead atoms. The first-order valence-corrected chi connectivity index (χ1v) is 10.7. The second-order valence-corrected chi connectivity index (χ2v) is 7.80. The average molecular weight is 425 g/mol. The number of carbonyl (C=O) groups excluding carboxylic acids is 2. The fraction of sp³-hybridized carbons (Fsp3) is 0.455. The molecule has 164 valence electrons. The van der Waals surface area contributed by atoms with Crippen molar-refractivity contribution in [3.63, 3.8) is 0 Å². The van der Waals surface area contributed by atoms with Gasteiger partial charge in [0.2, 0.25) is 6.41 Å². The number of benzene rings is 1. The van der Waals surface area contributed by atoms with Gasteiger partial charge in [-0.2, -0.15) is 0 Å². The van der Waals surface area contributed by atoms with E-state index in [1.165, 1.54) is 0 Å². The summed E-state index contributed by atoms with van der Waals surface area (Å²) in [5.74, 6) is 1.55. The highest BCUT2D eigenvalue weighted by atomic mass is 16.5. The minimum absolute atomic E-state index is 0.216. The van der Waals surface area contributed by atoms with E-state index in [-0.39, 0.29) is 12.1 Å². The summed E-state index contributed by atoms with van der Waals surface area (Å²) in [5.41, 5.74) is 3.56. The van der Waals surface area contributed by atoms with Crippen LogP contribution in [0, 0.1) is 0 Å². The number of urea groups is 1. The number of fused-ring (bicyclic) bond motifs is 1. The van der Waals surface area contributed by atoms with E-state index in [2.05, 4.69) is 22.5 Å². The third-order valence-electron chi connectivity index (χ3n) is 5.60. The summed E-state index contributed by atoms with van der Waals surface area (Å²) in [6.07, 6.45) is 1.62. The van der Waals surface area contributed by atoms with Gasteiger partial charge in [0.05, 0.1) is 31.5 Å². The van der Waals surface area contributed by atoms with Gasteiger partial charge in [-0.1, -0.05) is 0 Å².